The van der Waals surface area contributed by atoms with E-state index in [-0.39, 0.29) is 23.9 Å². The van der Waals surface area contributed by atoms with Crippen molar-refractivity contribution in [2.75, 3.05) is 7.05 Å². The van der Waals surface area contributed by atoms with Crippen LogP contribution in [0.25, 0.3) is 22.7 Å². The summed E-state index contributed by atoms with van der Waals surface area (Å²) in [4.78, 5) is 35.0. The van der Waals surface area contributed by atoms with Crippen molar-refractivity contribution in [3.05, 3.63) is 47.1 Å². The van der Waals surface area contributed by atoms with E-state index in [4.69, 9.17) is 16.0 Å². The van der Waals surface area contributed by atoms with Crippen molar-refractivity contribution in [2.45, 2.75) is 44.7 Å². The Labute approximate surface area is 179 Å². The fraction of sp³-hybridized carbons (Fsp3) is 0.364. The largest absolute Gasteiger partial charge is 0.435 e. The average Bonchev–Trinajstić information content (AvgIpc) is 3.39. The third kappa shape index (κ3) is 4.16. The van der Waals surface area contributed by atoms with Gasteiger partial charge in [-0.25, -0.2) is 4.98 Å². The van der Waals surface area contributed by atoms with E-state index in [1.807, 2.05) is 6.92 Å². The number of nitrogens with one attached hydrogen (secondary N) is 1. The molecule has 3 aromatic rings. The highest BCUT2D eigenvalue weighted by atomic mass is 35.5. The van der Waals surface area contributed by atoms with Crippen molar-refractivity contribution in [3.8, 4) is 11.6 Å². The smallest absolute Gasteiger partial charge is 0.255 e. The fourth-order valence-corrected chi connectivity index (χ4v) is 3.96. The van der Waals surface area contributed by atoms with E-state index >= 15 is 0 Å². The number of carbonyl (C=O) groups excluding carboxylic acids is 2. The van der Waals surface area contributed by atoms with E-state index < -0.39 is 0 Å². The minimum atomic E-state index is -0.0918. The SMILES string of the molecule is CCC(=O)N[C@H]1CC[C@@H](N(C)C(=O)c2ccc(-c3nc4ccc(Cl)cc4o3)nc2)C1. The lowest BCUT2D eigenvalue weighted by Gasteiger charge is -2.25. The van der Waals surface area contributed by atoms with Crippen molar-refractivity contribution in [3.63, 3.8) is 0 Å². The van der Waals surface area contributed by atoms with Gasteiger partial charge in [-0.05, 0) is 43.5 Å². The van der Waals surface area contributed by atoms with Gasteiger partial charge in [-0.2, -0.15) is 0 Å². The topological polar surface area (TPSA) is 88.3 Å². The molecule has 1 aromatic carbocycles. The van der Waals surface area contributed by atoms with Gasteiger partial charge in [0.15, 0.2) is 5.58 Å². The fourth-order valence-electron chi connectivity index (χ4n) is 3.79. The van der Waals surface area contributed by atoms with Crippen molar-refractivity contribution in [1.29, 1.82) is 0 Å². The minimum absolute atomic E-state index is 0.0517. The van der Waals surface area contributed by atoms with E-state index in [1.165, 1.54) is 0 Å². The Kier molecular flexibility index (Phi) is 5.72. The molecule has 4 rings (SSSR count). The van der Waals surface area contributed by atoms with Gasteiger partial charge < -0.3 is 14.6 Å². The summed E-state index contributed by atoms with van der Waals surface area (Å²) in [5.41, 5.74) is 2.33. The molecule has 8 heteroatoms. The van der Waals surface area contributed by atoms with Gasteiger partial charge in [0.25, 0.3) is 5.91 Å². The first-order chi connectivity index (χ1) is 14.4. The number of fused-ring (bicyclic) bond motifs is 1. The van der Waals surface area contributed by atoms with Crippen molar-refractivity contribution in [2.24, 2.45) is 0 Å². The summed E-state index contributed by atoms with van der Waals surface area (Å²) in [7, 11) is 1.80. The van der Waals surface area contributed by atoms with E-state index in [1.54, 1.807) is 48.5 Å². The number of hydrogen-bond donors (Lipinski definition) is 1. The molecule has 2 atom stereocenters. The molecule has 0 unspecified atom stereocenters. The summed E-state index contributed by atoms with van der Waals surface area (Å²) in [6.45, 7) is 1.84. The maximum absolute atomic E-state index is 12.9. The number of pyridine rings is 1. The second-order valence-electron chi connectivity index (χ2n) is 7.56. The number of aromatic nitrogens is 2. The lowest BCUT2D eigenvalue weighted by atomic mass is 10.1. The summed E-state index contributed by atoms with van der Waals surface area (Å²) < 4.78 is 5.73. The number of nitrogens with zero attached hydrogens (tertiary/aromatic N) is 3. The van der Waals surface area contributed by atoms with Crippen LogP contribution >= 0.6 is 11.6 Å². The van der Waals surface area contributed by atoms with Crippen LogP contribution in [0.15, 0.2) is 40.9 Å². The van der Waals surface area contributed by atoms with E-state index in [0.29, 0.717) is 39.7 Å². The van der Waals surface area contributed by atoms with Crippen molar-refractivity contribution >= 4 is 34.5 Å². The number of carbonyl (C=O) groups is 2. The number of halogens is 1. The second kappa shape index (κ2) is 8.44. The minimum Gasteiger partial charge on any atom is -0.435 e. The zero-order valence-corrected chi connectivity index (χ0v) is 17.6. The highest BCUT2D eigenvalue weighted by Crippen LogP contribution is 2.27. The number of hydrogen-bond acceptors (Lipinski definition) is 5. The molecule has 1 aliphatic carbocycles. The normalized spacial score (nSPS) is 18.5. The molecule has 1 saturated carbocycles. The Hall–Kier alpha value is -2.93. The highest BCUT2D eigenvalue weighted by Gasteiger charge is 2.31. The average molecular weight is 427 g/mol. The molecule has 0 saturated heterocycles. The number of amides is 2. The Morgan fingerprint density at radius 3 is 2.83 bits per heavy atom. The molecule has 30 heavy (non-hydrogen) atoms. The van der Waals surface area contributed by atoms with E-state index in [0.717, 1.165) is 19.3 Å². The Morgan fingerprint density at radius 2 is 2.10 bits per heavy atom. The Balaban J connectivity index is 1.44. The van der Waals surface area contributed by atoms with Crippen molar-refractivity contribution < 1.29 is 14.0 Å². The summed E-state index contributed by atoms with van der Waals surface area (Å²) in [6.07, 6.45) is 4.54. The molecule has 0 spiro atoms. The van der Waals surface area contributed by atoms with Gasteiger partial charge in [0.2, 0.25) is 11.8 Å². The lowest BCUT2D eigenvalue weighted by Crippen LogP contribution is -2.38. The standard InChI is InChI=1S/C22H23ClN4O3/c1-3-20(28)25-15-6-7-16(11-15)27(2)22(29)13-4-8-18(24-12-13)21-26-17-9-5-14(23)10-19(17)30-21/h4-5,8-10,12,15-16H,3,6-7,11H2,1-2H3,(H,25,28)/t15-,16+/m0/s1. The monoisotopic (exact) mass is 426 g/mol. The summed E-state index contributed by atoms with van der Waals surface area (Å²) >= 11 is 5.99. The van der Waals surface area contributed by atoms with Crippen LogP contribution < -0.4 is 5.32 Å². The first kappa shape index (κ1) is 20.3. The maximum atomic E-state index is 12.9. The van der Waals surface area contributed by atoms with Gasteiger partial charge in [-0.15, -0.1) is 0 Å². The first-order valence-electron chi connectivity index (χ1n) is 10.0. The molecule has 2 aromatic heterocycles. The number of rotatable bonds is 5. The van der Waals surface area contributed by atoms with E-state index in [9.17, 15) is 9.59 Å². The molecule has 1 N–H and O–H groups in total. The van der Waals surface area contributed by atoms with E-state index in [2.05, 4.69) is 15.3 Å². The van der Waals surface area contributed by atoms with Crippen LogP contribution in [0, 0.1) is 0 Å². The van der Waals surface area contributed by atoms with Crippen LogP contribution in [0.3, 0.4) is 0 Å². The van der Waals surface area contributed by atoms with Gasteiger partial charge in [0.1, 0.15) is 11.2 Å². The Bertz CT molecular complexity index is 1080. The van der Waals surface area contributed by atoms with Crippen LogP contribution in [0.2, 0.25) is 5.02 Å². The molecule has 0 aliphatic heterocycles. The quantitative estimate of drug-likeness (QED) is 0.664. The molecule has 1 fully saturated rings. The molecular weight excluding hydrogens is 404 g/mol. The molecule has 7 nitrogen and oxygen atoms in total. The first-order valence-corrected chi connectivity index (χ1v) is 10.4. The molecule has 0 bridgehead atoms. The van der Waals surface area contributed by atoms with Crippen LogP contribution in [0.4, 0.5) is 0 Å². The highest BCUT2D eigenvalue weighted by molar-refractivity contribution is 6.31. The maximum Gasteiger partial charge on any atom is 0.255 e. The van der Waals surface area contributed by atoms with Gasteiger partial charge >= 0.3 is 0 Å². The third-order valence-corrected chi connectivity index (χ3v) is 5.77. The van der Waals surface area contributed by atoms with Gasteiger partial charge in [-0.3, -0.25) is 14.6 Å². The molecule has 156 valence electrons. The Morgan fingerprint density at radius 1 is 1.27 bits per heavy atom. The molecular formula is C22H23ClN4O3. The summed E-state index contributed by atoms with van der Waals surface area (Å²) in [5, 5.41) is 3.59. The third-order valence-electron chi connectivity index (χ3n) is 5.54. The summed E-state index contributed by atoms with van der Waals surface area (Å²) in [5.74, 6) is 0.340. The van der Waals surface area contributed by atoms with Crippen LogP contribution in [0.5, 0.6) is 0 Å². The van der Waals surface area contributed by atoms with Crippen molar-refractivity contribution in [1.82, 2.24) is 20.2 Å². The zero-order valence-electron chi connectivity index (χ0n) is 16.9. The predicted octanol–water partition coefficient (Wildman–Crippen LogP) is 4.06. The number of oxazole rings is 1. The predicted molar refractivity (Wildman–Crippen MR) is 114 cm³/mol. The lowest BCUT2D eigenvalue weighted by molar-refractivity contribution is -0.121. The van der Waals surface area contributed by atoms with Crippen LogP contribution in [-0.2, 0) is 4.79 Å². The summed E-state index contributed by atoms with van der Waals surface area (Å²) in [6, 6.07) is 8.93. The second-order valence-corrected chi connectivity index (χ2v) is 8.00. The van der Waals surface area contributed by atoms with Gasteiger partial charge in [0, 0.05) is 42.8 Å². The molecule has 2 heterocycles. The van der Waals surface area contributed by atoms with Gasteiger partial charge in [0.05, 0.1) is 5.56 Å². The molecule has 2 amide bonds. The molecule has 1 aliphatic rings. The van der Waals surface area contributed by atoms with Gasteiger partial charge in [-0.1, -0.05) is 18.5 Å². The number of benzene rings is 1. The molecule has 0 radical (unpaired) electrons. The van der Waals surface area contributed by atoms with Crippen LogP contribution in [0.1, 0.15) is 43.0 Å². The van der Waals surface area contributed by atoms with Crippen LogP contribution in [-0.4, -0.2) is 45.8 Å². The zero-order chi connectivity index (χ0) is 21.3.